The van der Waals surface area contributed by atoms with Crippen LogP contribution in [0.25, 0.3) is 0 Å². The predicted molar refractivity (Wildman–Crippen MR) is 133 cm³/mol. The van der Waals surface area contributed by atoms with Gasteiger partial charge in [-0.25, -0.2) is 0 Å². The molecule has 0 N–H and O–H groups in total. The van der Waals surface area contributed by atoms with Crippen LogP contribution in [-0.4, -0.2) is 0 Å². The third-order valence-corrected chi connectivity index (χ3v) is 8.08. The van der Waals surface area contributed by atoms with E-state index in [9.17, 15) is 4.39 Å². The van der Waals surface area contributed by atoms with Gasteiger partial charge in [0, 0.05) is 0 Å². The van der Waals surface area contributed by atoms with E-state index in [4.69, 9.17) is 5.26 Å². The van der Waals surface area contributed by atoms with Crippen molar-refractivity contribution in [3.8, 4) is 6.07 Å². The highest BCUT2D eigenvalue weighted by Gasteiger charge is 2.31. The maximum absolute atomic E-state index is 12.8. The Bertz CT molecular complexity index is 753. The Morgan fingerprint density at radius 1 is 0.969 bits per heavy atom. The van der Waals surface area contributed by atoms with Crippen LogP contribution >= 0.6 is 0 Å². The predicted octanol–water partition coefficient (Wildman–Crippen LogP) is 9.21. The molecule has 0 spiro atoms. The van der Waals surface area contributed by atoms with Crippen molar-refractivity contribution in [2.24, 2.45) is 17.8 Å². The highest BCUT2D eigenvalue weighted by molar-refractivity contribution is 5.26. The average Bonchev–Trinajstić information content (AvgIpc) is 2.85. The Hall–Kier alpha value is -1.88. The maximum atomic E-state index is 12.8. The van der Waals surface area contributed by atoms with Crippen LogP contribution in [0, 0.1) is 29.1 Å². The minimum absolute atomic E-state index is 0.712. The molecule has 0 atom stereocenters. The summed E-state index contributed by atoms with van der Waals surface area (Å²) < 4.78 is 12.8. The molecule has 2 heteroatoms. The first-order valence-electron chi connectivity index (χ1n) is 13.2. The van der Waals surface area contributed by atoms with E-state index in [1.807, 2.05) is 6.08 Å². The normalized spacial score (nSPS) is 26.8. The molecule has 1 aromatic carbocycles. The molecule has 32 heavy (non-hydrogen) atoms. The van der Waals surface area contributed by atoms with E-state index in [0.717, 1.165) is 30.1 Å². The van der Waals surface area contributed by atoms with Gasteiger partial charge in [-0.15, -0.1) is 0 Å². The largest absolute Gasteiger partial charge is 0.199 e. The Labute approximate surface area is 195 Å². The van der Waals surface area contributed by atoms with Crippen LogP contribution in [0.4, 0.5) is 4.39 Å². The fraction of sp³-hybridized carbons (Fsp3) is 0.633. The quantitative estimate of drug-likeness (QED) is 0.204. The summed E-state index contributed by atoms with van der Waals surface area (Å²) >= 11 is 0. The molecule has 0 radical (unpaired) electrons. The highest BCUT2D eigenvalue weighted by Crippen LogP contribution is 2.44. The fourth-order valence-electron chi connectivity index (χ4n) is 6.03. The third kappa shape index (κ3) is 7.91. The lowest BCUT2D eigenvalue weighted by Gasteiger charge is -2.38. The summed E-state index contributed by atoms with van der Waals surface area (Å²) in [6.07, 6.45) is 23.4. The van der Waals surface area contributed by atoms with Gasteiger partial charge in [0.05, 0.1) is 0 Å². The number of hydrogen-bond acceptors (Lipinski definition) is 1. The number of nitriles is 1. The zero-order chi connectivity index (χ0) is 22.6. The molecule has 2 fully saturated rings. The zero-order valence-electron chi connectivity index (χ0n) is 20.1. The van der Waals surface area contributed by atoms with Crippen LogP contribution in [0.15, 0.2) is 48.3 Å². The molecule has 0 aromatic heterocycles. The molecule has 0 saturated heterocycles. The van der Waals surface area contributed by atoms with Crippen molar-refractivity contribution >= 4 is 0 Å². The van der Waals surface area contributed by atoms with Crippen LogP contribution < -0.4 is 0 Å². The summed E-state index contributed by atoms with van der Waals surface area (Å²) in [5.74, 6) is 2.78. The molecule has 0 aliphatic heterocycles. The molecule has 1 aromatic rings. The SMILES string of the molecule is CCCCCc1ccc(C2CCC(C3CCC(CC/C=C/C=C(\F)C#N)CC3)CC2)cc1. The number of hydrogen-bond donors (Lipinski definition) is 0. The van der Waals surface area contributed by atoms with E-state index in [1.54, 1.807) is 11.6 Å². The summed E-state index contributed by atoms with van der Waals surface area (Å²) in [4.78, 5) is 0. The van der Waals surface area contributed by atoms with E-state index in [-0.39, 0.29) is 0 Å². The van der Waals surface area contributed by atoms with E-state index >= 15 is 0 Å². The first-order chi connectivity index (χ1) is 15.7. The van der Waals surface area contributed by atoms with Gasteiger partial charge in [0.15, 0.2) is 5.83 Å². The van der Waals surface area contributed by atoms with Crippen molar-refractivity contribution in [2.75, 3.05) is 0 Å². The second-order valence-electron chi connectivity index (χ2n) is 10.2. The fourth-order valence-corrected chi connectivity index (χ4v) is 6.03. The zero-order valence-corrected chi connectivity index (χ0v) is 20.1. The van der Waals surface area contributed by atoms with Gasteiger partial charge in [-0.3, -0.25) is 0 Å². The van der Waals surface area contributed by atoms with Crippen molar-refractivity contribution in [3.63, 3.8) is 0 Å². The van der Waals surface area contributed by atoms with Gasteiger partial charge in [0.1, 0.15) is 6.07 Å². The number of unbranched alkanes of at least 4 members (excludes halogenated alkanes) is 2. The van der Waals surface area contributed by atoms with Gasteiger partial charge < -0.3 is 0 Å². The third-order valence-electron chi connectivity index (χ3n) is 8.08. The van der Waals surface area contributed by atoms with E-state index in [1.165, 1.54) is 101 Å². The second-order valence-corrected chi connectivity index (χ2v) is 10.2. The van der Waals surface area contributed by atoms with Crippen molar-refractivity contribution in [1.82, 2.24) is 0 Å². The van der Waals surface area contributed by atoms with E-state index < -0.39 is 5.83 Å². The van der Waals surface area contributed by atoms with Crippen LogP contribution in [0.3, 0.4) is 0 Å². The van der Waals surface area contributed by atoms with Gasteiger partial charge in [-0.2, -0.15) is 9.65 Å². The molecule has 2 aliphatic carbocycles. The van der Waals surface area contributed by atoms with Crippen molar-refractivity contribution in [1.29, 1.82) is 5.26 Å². The Balaban J connectivity index is 1.34. The van der Waals surface area contributed by atoms with Crippen molar-refractivity contribution in [2.45, 2.75) is 103 Å². The van der Waals surface area contributed by atoms with Crippen LogP contribution in [0.2, 0.25) is 0 Å². The molecule has 2 aliphatic rings. The molecule has 1 nitrogen and oxygen atoms in total. The second kappa shape index (κ2) is 13.6. The lowest BCUT2D eigenvalue weighted by atomic mass is 9.68. The summed E-state index contributed by atoms with van der Waals surface area (Å²) in [6.45, 7) is 2.27. The minimum atomic E-state index is -0.712. The molecule has 0 amide bonds. The minimum Gasteiger partial charge on any atom is -0.195 e. The molecule has 174 valence electrons. The lowest BCUT2D eigenvalue weighted by Crippen LogP contribution is -2.25. The van der Waals surface area contributed by atoms with Gasteiger partial charge in [0.2, 0.25) is 0 Å². The summed E-state index contributed by atoms with van der Waals surface area (Å²) in [7, 11) is 0. The van der Waals surface area contributed by atoms with Gasteiger partial charge >= 0.3 is 0 Å². The van der Waals surface area contributed by atoms with Crippen molar-refractivity contribution < 1.29 is 4.39 Å². The first kappa shape index (κ1) is 24.8. The number of halogens is 1. The van der Waals surface area contributed by atoms with Crippen molar-refractivity contribution in [3.05, 3.63) is 59.4 Å². The number of nitrogens with zero attached hydrogens (tertiary/aromatic N) is 1. The molecule has 0 unspecified atom stereocenters. The highest BCUT2D eigenvalue weighted by atomic mass is 19.1. The Morgan fingerprint density at radius 3 is 2.25 bits per heavy atom. The monoisotopic (exact) mass is 435 g/mol. The van der Waals surface area contributed by atoms with Gasteiger partial charge in [-0.05, 0) is 105 Å². The molecule has 0 bridgehead atoms. The standard InChI is InChI=1S/C30H42FN/c1-2-3-5-8-24-11-15-26(16-12-24)28-19-21-29(22-20-28)27-17-13-25(14-18-27)9-6-4-7-10-30(31)23-32/h4,7,10-12,15-16,25,27-29H,2-3,5-6,8-9,13-14,17-22H2,1H3/b7-4+,30-10-. The molecule has 0 heterocycles. The molecule has 3 rings (SSSR count). The molecule has 2 saturated carbocycles. The smallest absolute Gasteiger partial charge is 0.195 e. The van der Waals surface area contributed by atoms with E-state index in [0.29, 0.717) is 0 Å². The average molecular weight is 436 g/mol. The van der Waals surface area contributed by atoms with Crippen LogP contribution in [-0.2, 0) is 6.42 Å². The van der Waals surface area contributed by atoms with Gasteiger partial charge in [-0.1, -0.05) is 69.0 Å². The Kier molecular flexibility index (Phi) is 10.5. The van der Waals surface area contributed by atoms with Crippen LogP contribution in [0.5, 0.6) is 0 Å². The summed E-state index contributed by atoms with van der Waals surface area (Å²) in [5.41, 5.74) is 3.08. The Morgan fingerprint density at radius 2 is 1.62 bits per heavy atom. The molecular formula is C30H42FN. The maximum Gasteiger partial charge on any atom is 0.199 e. The summed E-state index contributed by atoms with van der Waals surface area (Å²) in [5, 5.41) is 8.42. The van der Waals surface area contributed by atoms with Crippen LogP contribution in [0.1, 0.15) is 107 Å². The number of rotatable bonds is 10. The topological polar surface area (TPSA) is 23.8 Å². The lowest BCUT2D eigenvalue weighted by molar-refractivity contribution is 0.157. The summed E-state index contributed by atoms with van der Waals surface area (Å²) in [6, 6.07) is 11.1. The number of allylic oxidation sites excluding steroid dienone is 4. The van der Waals surface area contributed by atoms with E-state index in [2.05, 4.69) is 31.2 Å². The number of benzene rings is 1. The van der Waals surface area contributed by atoms with Gasteiger partial charge in [0.25, 0.3) is 0 Å². The first-order valence-corrected chi connectivity index (χ1v) is 13.2. The number of aryl methyl sites for hydroxylation is 1. The molecular weight excluding hydrogens is 393 g/mol.